The zero-order valence-electron chi connectivity index (χ0n) is 9.91. The molecule has 0 aliphatic rings. The molecule has 0 bridgehead atoms. The maximum Gasteiger partial charge on any atom is 0.224 e. The summed E-state index contributed by atoms with van der Waals surface area (Å²) in [4.78, 5) is 22.9. The van der Waals surface area contributed by atoms with E-state index < -0.39 is 0 Å². The van der Waals surface area contributed by atoms with Crippen molar-refractivity contribution in [1.82, 2.24) is 0 Å². The Morgan fingerprint density at radius 2 is 1.88 bits per heavy atom. The first-order chi connectivity index (χ1) is 7.50. The number of nitrogens with one attached hydrogen (secondary N) is 1. The molecule has 3 nitrogen and oxygen atoms in total. The van der Waals surface area contributed by atoms with E-state index in [2.05, 4.69) is 5.32 Å². The summed E-state index contributed by atoms with van der Waals surface area (Å²) in [5, 5.41) is 2.76. The molecule has 1 rings (SSSR count). The van der Waals surface area contributed by atoms with Crippen LogP contribution in [0.1, 0.15) is 37.6 Å². The van der Waals surface area contributed by atoms with Gasteiger partial charge in [-0.15, -0.1) is 0 Å². The van der Waals surface area contributed by atoms with Gasteiger partial charge in [0.15, 0.2) is 5.78 Å². The highest BCUT2D eigenvalue weighted by atomic mass is 16.1. The molecule has 1 amide bonds. The number of carbonyl (C=O) groups excluding carboxylic acids is 2. The fourth-order valence-electron chi connectivity index (χ4n) is 1.47. The number of rotatable bonds is 4. The first-order valence-corrected chi connectivity index (χ1v) is 5.40. The van der Waals surface area contributed by atoms with Crippen molar-refractivity contribution in [3.63, 3.8) is 0 Å². The number of hydrogen-bond donors (Lipinski definition) is 1. The van der Waals surface area contributed by atoms with Gasteiger partial charge < -0.3 is 5.32 Å². The van der Waals surface area contributed by atoms with E-state index in [1.165, 1.54) is 6.92 Å². The van der Waals surface area contributed by atoms with Gasteiger partial charge in [0.2, 0.25) is 5.91 Å². The number of amides is 1. The summed E-state index contributed by atoms with van der Waals surface area (Å²) in [6, 6.07) is 7.05. The number of benzene rings is 1. The molecule has 0 aromatic heterocycles. The number of hydrogen-bond acceptors (Lipinski definition) is 2. The fraction of sp³-hybridized carbons (Fsp3) is 0.385. The summed E-state index contributed by atoms with van der Waals surface area (Å²) < 4.78 is 0. The van der Waals surface area contributed by atoms with Crippen molar-refractivity contribution < 1.29 is 9.59 Å². The van der Waals surface area contributed by atoms with E-state index in [0.29, 0.717) is 23.6 Å². The van der Waals surface area contributed by atoms with Gasteiger partial charge in [-0.25, -0.2) is 0 Å². The average Bonchev–Trinajstić information content (AvgIpc) is 2.16. The molecule has 0 spiro atoms. The Balaban J connectivity index is 2.81. The average molecular weight is 219 g/mol. The smallest absolute Gasteiger partial charge is 0.224 e. The van der Waals surface area contributed by atoms with E-state index in [1.54, 1.807) is 24.3 Å². The molecule has 1 aromatic carbocycles. The van der Waals surface area contributed by atoms with Gasteiger partial charge in [-0.05, 0) is 25.0 Å². The van der Waals surface area contributed by atoms with Gasteiger partial charge in [0.25, 0.3) is 0 Å². The Hall–Kier alpha value is -1.64. The summed E-state index contributed by atoms with van der Waals surface area (Å²) in [6.45, 7) is 5.46. The van der Waals surface area contributed by atoms with Gasteiger partial charge in [-0.3, -0.25) is 9.59 Å². The van der Waals surface area contributed by atoms with Crippen molar-refractivity contribution >= 4 is 17.4 Å². The van der Waals surface area contributed by atoms with Gasteiger partial charge in [-0.1, -0.05) is 26.0 Å². The SMILES string of the molecule is CC(=O)c1ccccc1NC(=O)CC(C)C. The Morgan fingerprint density at radius 1 is 1.25 bits per heavy atom. The van der Waals surface area contributed by atoms with Crippen molar-refractivity contribution in [2.45, 2.75) is 27.2 Å². The molecule has 0 saturated heterocycles. The van der Waals surface area contributed by atoms with Crippen LogP contribution < -0.4 is 5.32 Å². The number of carbonyl (C=O) groups is 2. The zero-order chi connectivity index (χ0) is 12.1. The predicted molar refractivity (Wildman–Crippen MR) is 64.5 cm³/mol. The van der Waals surface area contributed by atoms with Crippen LogP contribution in [0.5, 0.6) is 0 Å². The lowest BCUT2D eigenvalue weighted by Gasteiger charge is -2.09. The minimum atomic E-state index is -0.0521. The summed E-state index contributed by atoms with van der Waals surface area (Å²) in [6.07, 6.45) is 0.465. The molecule has 0 atom stereocenters. The second kappa shape index (κ2) is 5.45. The van der Waals surface area contributed by atoms with Crippen LogP contribution in [0.4, 0.5) is 5.69 Å². The third kappa shape index (κ3) is 3.50. The quantitative estimate of drug-likeness (QED) is 0.791. The highest BCUT2D eigenvalue weighted by Gasteiger charge is 2.10. The molecule has 86 valence electrons. The van der Waals surface area contributed by atoms with E-state index >= 15 is 0 Å². The standard InChI is InChI=1S/C13H17NO2/c1-9(2)8-13(16)14-12-7-5-4-6-11(12)10(3)15/h4-7,9H,8H2,1-3H3,(H,14,16). The largest absolute Gasteiger partial charge is 0.325 e. The Morgan fingerprint density at radius 3 is 2.44 bits per heavy atom. The second-order valence-corrected chi connectivity index (χ2v) is 4.25. The third-order valence-corrected chi connectivity index (χ3v) is 2.17. The molecule has 0 unspecified atom stereocenters. The maximum absolute atomic E-state index is 11.6. The first kappa shape index (κ1) is 12.4. The lowest BCUT2D eigenvalue weighted by atomic mass is 10.1. The van der Waals surface area contributed by atoms with Crippen LogP contribution in [-0.4, -0.2) is 11.7 Å². The van der Waals surface area contributed by atoms with Crippen LogP contribution in [0.25, 0.3) is 0 Å². The second-order valence-electron chi connectivity index (χ2n) is 4.25. The van der Waals surface area contributed by atoms with Gasteiger partial charge in [-0.2, -0.15) is 0 Å². The van der Waals surface area contributed by atoms with Gasteiger partial charge in [0.05, 0.1) is 5.69 Å². The fourth-order valence-corrected chi connectivity index (χ4v) is 1.47. The van der Waals surface area contributed by atoms with E-state index in [4.69, 9.17) is 0 Å². The van der Waals surface area contributed by atoms with Crippen LogP contribution in [0.2, 0.25) is 0 Å². The Labute approximate surface area is 95.9 Å². The number of ketones is 1. The number of anilines is 1. The molecule has 0 aliphatic heterocycles. The van der Waals surface area contributed by atoms with Crippen LogP contribution in [0.3, 0.4) is 0 Å². The molecule has 0 saturated carbocycles. The molecule has 0 fully saturated rings. The van der Waals surface area contributed by atoms with Crippen LogP contribution in [0, 0.1) is 5.92 Å². The lowest BCUT2D eigenvalue weighted by Crippen LogP contribution is -2.15. The van der Waals surface area contributed by atoms with Crippen molar-refractivity contribution in [3.8, 4) is 0 Å². The minimum Gasteiger partial charge on any atom is -0.325 e. The Bertz CT molecular complexity index is 397. The zero-order valence-corrected chi connectivity index (χ0v) is 9.91. The summed E-state index contributed by atoms with van der Waals surface area (Å²) >= 11 is 0. The lowest BCUT2D eigenvalue weighted by molar-refractivity contribution is -0.116. The van der Waals surface area contributed by atoms with E-state index in [-0.39, 0.29) is 11.7 Å². The van der Waals surface area contributed by atoms with Gasteiger partial charge in [0, 0.05) is 12.0 Å². The molecule has 0 radical (unpaired) electrons. The summed E-state index contributed by atoms with van der Waals surface area (Å²) in [5.41, 5.74) is 1.15. The highest BCUT2D eigenvalue weighted by Crippen LogP contribution is 2.16. The van der Waals surface area contributed by atoms with E-state index in [1.807, 2.05) is 13.8 Å². The predicted octanol–water partition coefficient (Wildman–Crippen LogP) is 2.87. The molecular formula is C13H17NO2. The first-order valence-electron chi connectivity index (χ1n) is 5.40. The molecule has 3 heteroatoms. The van der Waals surface area contributed by atoms with Crippen LogP contribution in [-0.2, 0) is 4.79 Å². The van der Waals surface area contributed by atoms with Crippen LogP contribution in [0.15, 0.2) is 24.3 Å². The molecule has 1 N–H and O–H groups in total. The summed E-state index contributed by atoms with van der Waals surface area (Å²) in [5.74, 6) is 0.216. The molecular weight excluding hydrogens is 202 g/mol. The number of Topliss-reactive ketones (excluding diaryl/α,β-unsaturated/α-hetero) is 1. The topological polar surface area (TPSA) is 46.2 Å². The Kier molecular flexibility index (Phi) is 4.23. The van der Waals surface area contributed by atoms with E-state index in [0.717, 1.165) is 0 Å². The molecule has 16 heavy (non-hydrogen) atoms. The number of para-hydroxylation sites is 1. The van der Waals surface area contributed by atoms with Crippen molar-refractivity contribution in [2.75, 3.05) is 5.32 Å². The third-order valence-electron chi connectivity index (χ3n) is 2.17. The van der Waals surface area contributed by atoms with Crippen molar-refractivity contribution in [1.29, 1.82) is 0 Å². The van der Waals surface area contributed by atoms with E-state index in [9.17, 15) is 9.59 Å². The van der Waals surface area contributed by atoms with Crippen LogP contribution >= 0.6 is 0 Å². The molecule has 1 aromatic rings. The molecule has 0 aliphatic carbocycles. The molecule has 0 heterocycles. The van der Waals surface area contributed by atoms with Crippen molar-refractivity contribution in [3.05, 3.63) is 29.8 Å². The van der Waals surface area contributed by atoms with Gasteiger partial charge >= 0.3 is 0 Å². The van der Waals surface area contributed by atoms with Crippen molar-refractivity contribution in [2.24, 2.45) is 5.92 Å². The normalized spacial score (nSPS) is 10.2. The highest BCUT2D eigenvalue weighted by molar-refractivity contribution is 6.03. The monoisotopic (exact) mass is 219 g/mol. The maximum atomic E-state index is 11.6. The summed E-state index contributed by atoms with van der Waals surface area (Å²) in [7, 11) is 0. The van der Waals surface area contributed by atoms with Gasteiger partial charge in [0.1, 0.15) is 0 Å². The minimum absolute atomic E-state index is 0.0413.